The number of anilines is 1. The standard InChI is InChI=1S/C21H21N5O2S/c1-12-5-4-6-18(13(12)2)26-10-9-22-21(26)29-14(3)19(27)23-15-7-8-16-17(11-15)25-20(28)24-16/h4-11,14H,1-3H3,(H,23,27)(H2,24,25,28). The van der Waals surface area contributed by atoms with Crippen molar-refractivity contribution in [3.63, 3.8) is 0 Å². The molecule has 0 bridgehead atoms. The summed E-state index contributed by atoms with van der Waals surface area (Å²) < 4.78 is 2.01. The summed E-state index contributed by atoms with van der Waals surface area (Å²) in [7, 11) is 0. The first kappa shape index (κ1) is 19.1. The fourth-order valence-corrected chi connectivity index (χ4v) is 4.00. The van der Waals surface area contributed by atoms with Gasteiger partial charge >= 0.3 is 5.69 Å². The van der Waals surface area contributed by atoms with Gasteiger partial charge < -0.3 is 15.3 Å². The number of amides is 1. The molecule has 0 aliphatic carbocycles. The van der Waals surface area contributed by atoms with Gasteiger partial charge in [-0.25, -0.2) is 9.78 Å². The highest BCUT2D eigenvalue weighted by molar-refractivity contribution is 8.00. The lowest BCUT2D eigenvalue weighted by molar-refractivity contribution is -0.115. The Kier molecular flexibility index (Phi) is 5.02. The molecule has 148 valence electrons. The number of aromatic nitrogens is 4. The minimum atomic E-state index is -0.359. The molecule has 0 radical (unpaired) electrons. The molecule has 0 spiro atoms. The van der Waals surface area contributed by atoms with Crippen LogP contribution in [0, 0.1) is 13.8 Å². The van der Waals surface area contributed by atoms with E-state index in [0.717, 1.165) is 10.8 Å². The van der Waals surface area contributed by atoms with Gasteiger partial charge in [-0.15, -0.1) is 0 Å². The van der Waals surface area contributed by atoms with Gasteiger partial charge in [-0.05, 0) is 56.2 Å². The van der Waals surface area contributed by atoms with Crippen LogP contribution in [-0.2, 0) is 4.79 Å². The smallest absolute Gasteiger partial charge is 0.323 e. The van der Waals surface area contributed by atoms with Gasteiger partial charge in [0.1, 0.15) is 0 Å². The largest absolute Gasteiger partial charge is 0.325 e. The molecule has 0 aliphatic heterocycles. The van der Waals surface area contributed by atoms with E-state index in [2.05, 4.69) is 40.2 Å². The average Bonchev–Trinajstić information content (AvgIpc) is 3.29. The molecule has 29 heavy (non-hydrogen) atoms. The maximum Gasteiger partial charge on any atom is 0.323 e. The molecule has 3 N–H and O–H groups in total. The van der Waals surface area contributed by atoms with Gasteiger partial charge in [-0.2, -0.15) is 0 Å². The fraction of sp³-hybridized carbons (Fsp3) is 0.190. The van der Waals surface area contributed by atoms with Crippen LogP contribution in [0.2, 0.25) is 0 Å². The lowest BCUT2D eigenvalue weighted by Crippen LogP contribution is -2.22. The third kappa shape index (κ3) is 3.84. The van der Waals surface area contributed by atoms with E-state index >= 15 is 0 Å². The van der Waals surface area contributed by atoms with E-state index in [1.54, 1.807) is 24.4 Å². The highest BCUT2D eigenvalue weighted by Crippen LogP contribution is 2.27. The number of fused-ring (bicyclic) bond motifs is 1. The number of thioether (sulfide) groups is 1. The average molecular weight is 407 g/mol. The molecule has 0 fully saturated rings. The topological polar surface area (TPSA) is 95.6 Å². The minimum absolute atomic E-state index is 0.136. The van der Waals surface area contributed by atoms with E-state index in [4.69, 9.17) is 0 Å². The van der Waals surface area contributed by atoms with Crippen molar-refractivity contribution in [3.8, 4) is 5.69 Å². The normalized spacial score (nSPS) is 12.2. The highest BCUT2D eigenvalue weighted by Gasteiger charge is 2.19. The van der Waals surface area contributed by atoms with E-state index in [0.29, 0.717) is 16.7 Å². The molecule has 2 heterocycles. The van der Waals surface area contributed by atoms with Gasteiger partial charge in [0.2, 0.25) is 5.91 Å². The fourth-order valence-electron chi connectivity index (χ4n) is 3.12. The first-order chi connectivity index (χ1) is 13.9. The number of aromatic amines is 2. The predicted molar refractivity (Wildman–Crippen MR) is 116 cm³/mol. The lowest BCUT2D eigenvalue weighted by atomic mass is 10.1. The number of H-pyrrole nitrogens is 2. The zero-order valence-corrected chi connectivity index (χ0v) is 17.1. The summed E-state index contributed by atoms with van der Waals surface area (Å²) in [6.07, 6.45) is 3.65. The van der Waals surface area contributed by atoms with Crippen LogP contribution in [0.25, 0.3) is 16.7 Å². The van der Waals surface area contributed by atoms with Gasteiger partial charge in [0.15, 0.2) is 5.16 Å². The molecule has 1 atom stereocenters. The van der Waals surface area contributed by atoms with Crippen LogP contribution in [0.3, 0.4) is 0 Å². The molecule has 4 rings (SSSR count). The Morgan fingerprint density at radius 3 is 2.79 bits per heavy atom. The molecular formula is C21H21N5O2S. The Hall–Kier alpha value is -3.26. The number of nitrogens with one attached hydrogen (secondary N) is 3. The molecule has 0 saturated heterocycles. The molecule has 8 heteroatoms. The lowest BCUT2D eigenvalue weighted by Gasteiger charge is -2.15. The maximum absolute atomic E-state index is 12.7. The zero-order valence-electron chi connectivity index (χ0n) is 16.3. The highest BCUT2D eigenvalue weighted by atomic mass is 32.2. The number of hydrogen-bond donors (Lipinski definition) is 3. The number of carbonyl (C=O) groups is 1. The van der Waals surface area contributed by atoms with Crippen LogP contribution in [0.15, 0.2) is 58.7 Å². The second-order valence-electron chi connectivity index (χ2n) is 6.89. The van der Waals surface area contributed by atoms with E-state index in [1.807, 2.05) is 29.8 Å². The summed E-state index contributed by atoms with van der Waals surface area (Å²) in [5.41, 5.74) is 5.15. The van der Waals surface area contributed by atoms with Crippen molar-refractivity contribution in [2.75, 3.05) is 5.32 Å². The number of rotatable bonds is 5. The minimum Gasteiger partial charge on any atom is -0.325 e. The van der Waals surface area contributed by atoms with Gasteiger partial charge in [-0.1, -0.05) is 23.9 Å². The first-order valence-corrected chi connectivity index (χ1v) is 10.1. The summed E-state index contributed by atoms with van der Waals surface area (Å²) >= 11 is 1.40. The third-order valence-electron chi connectivity index (χ3n) is 4.88. The van der Waals surface area contributed by atoms with Crippen LogP contribution < -0.4 is 11.0 Å². The number of aryl methyl sites for hydroxylation is 1. The van der Waals surface area contributed by atoms with Crippen LogP contribution in [-0.4, -0.2) is 30.7 Å². The van der Waals surface area contributed by atoms with Crippen molar-refractivity contribution < 1.29 is 4.79 Å². The molecule has 1 unspecified atom stereocenters. The molecule has 0 aliphatic rings. The van der Waals surface area contributed by atoms with E-state index in [-0.39, 0.29) is 16.8 Å². The quantitative estimate of drug-likeness (QED) is 0.439. The Morgan fingerprint density at radius 2 is 1.97 bits per heavy atom. The molecule has 1 amide bonds. The van der Waals surface area contributed by atoms with Gasteiger partial charge in [0.05, 0.1) is 22.0 Å². The third-order valence-corrected chi connectivity index (χ3v) is 5.96. The summed E-state index contributed by atoms with van der Waals surface area (Å²) in [6, 6.07) is 11.4. The van der Waals surface area contributed by atoms with Gasteiger partial charge in [0, 0.05) is 18.1 Å². The maximum atomic E-state index is 12.7. The van der Waals surface area contributed by atoms with Gasteiger partial charge in [0.25, 0.3) is 0 Å². The van der Waals surface area contributed by atoms with Crippen molar-refractivity contribution in [2.45, 2.75) is 31.2 Å². The zero-order chi connectivity index (χ0) is 20.5. The summed E-state index contributed by atoms with van der Waals surface area (Å²) in [5, 5.41) is 3.30. The molecule has 7 nitrogen and oxygen atoms in total. The Labute approximate surface area is 171 Å². The van der Waals surface area contributed by atoms with Crippen LogP contribution in [0.5, 0.6) is 0 Å². The molecule has 2 aromatic carbocycles. The number of nitrogens with zero attached hydrogens (tertiary/aromatic N) is 2. The number of carbonyl (C=O) groups excluding carboxylic acids is 1. The van der Waals surface area contributed by atoms with Crippen LogP contribution >= 0.6 is 11.8 Å². The monoisotopic (exact) mass is 407 g/mol. The Morgan fingerprint density at radius 1 is 1.17 bits per heavy atom. The predicted octanol–water partition coefficient (Wildman–Crippen LogP) is 3.78. The van der Waals surface area contributed by atoms with Gasteiger partial charge in [-0.3, -0.25) is 9.36 Å². The number of hydrogen-bond acceptors (Lipinski definition) is 4. The second kappa shape index (κ2) is 7.63. The van der Waals surface area contributed by atoms with E-state index < -0.39 is 0 Å². The molecule has 0 saturated carbocycles. The van der Waals surface area contributed by atoms with Crippen molar-refractivity contribution in [1.82, 2.24) is 19.5 Å². The van der Waals surface area contributed by atoms with Crippen molar-refractivity contribution in [2.24, 2.45) is 0 Å². The molecular weight excluding hydrogens is 386 g/mol. The van der Waals surface area contributed by atoms with Crippen molar-refractivity contribution in [3.05, 3.63) is 70.4 Å². The van der Waals surface area contributed by atoms with Crippen LogP contribution in [0.1, 0.15) is 18.1 Å². The Bertz CT molecular complexity index is 1250. The summed E-state index contributed by atoms with van der Waals surface area (Å²) in [4.78, 5) is 33.9. The number of imidazole rings is 2. The Balaban J connectivity index is 1.51. The SMILES string of the molecule is Cc1cccc(-n2ccnc2SC(C)C(=O)Nc2ccc3[nH]c(=O)[nH]c3c2)c1C. The van der Waals surface area contributed by atoms with E-state index in [1.165, 1.54) is 22.9 Å². The first-order valence-electron chi connectivity index (χ1n) is 9.22. The second-order valence-corrected chi connectivity index (χ2v) is 8.20. The van der Waals surface area contributed by atoms with E-state index in [9.17, 15) is 9.59 Å². The number of benzene rings is 2. The summed E-state index contributed by atoms with van der Waals surface area (Å²) in [5.74, 6) is -0.136. The molecule has 2 aromatic heterocycles. The van der Waals surface area contributed by atoms with Crippen LogP contribution in [0.4, 0.5) is 5.69 Å². The van der Waals surface area contributed by atoms with Crippen molar-refractivity contribution in [1.29, 1.82) is 0 Å². The van der Waals surface area contributed by atoms with Crippen molar-refractivity contribution >= 4 is 34.4 Å². The summed E-state index contributed by atoms with van der Waals surface area (Å²) in [6.45, 7) is 6.00. The molecule has 4 aromatic rings.